The number of benzene rings is 2. The smallest absolute Gasteiger partial charge is 0.244 e. The van der Waals surface area contributed by atoms with E-state index in [0.29, 0.717) is 22.2 Å². The van der Waals surface area contributed by atoms with Gasteiger partial charge in [-0.2, -0.15) is 0 Å². The van der Waals surface area contributed by atoms with Crippen LogP contribution in [0, 0.1) is 12.7 Å². The summed E-state index contributed by atoms with van der Waals surface area (Å²) < 4.78 is 13.6. The van der Waals surface area contributed by atoms with E-state index in [4.69, 9.17) is 11.6 Å². The summed E-state index contributed by atoms with van der Waals surface area (Å²) in [4.78, 5) is 26.5. The summed E-state index contributed by atoms with van der Waals surface area (Å²) >= 11 is 7.07. The molecule has 2 aromatic rings. The van der Waals surface area contributed by atoms with Crippen molar-refractivity contribution in [1.29, 1.82) is 0 Å². The molecule has 0 heterocycles. The fraction of sp³-hybridized carbons (Fsp3) is 0.263. The van der Waals surface area contributed by atoms with Crippen LogP contribution >= 0.6 is 23.4 Å². The van der Waals surface area contributed by atoms with Gasteiger partial charge in [0.05, 0.1) is 12.3 Å². The molecule has 1 N–H and O–H groups in total. The molecule has 4 nitrogen and oxygen atoms in total. The predicted molar refractivity (Wildman–Crippen MR) is 104 cm³/mol. The number of nitrogens with one attached hydrogen (secondary N) is 1. The van der Waals surface area contributed by atoms with Crippen LogP contribution in [-0.4, -0.2) is 35.6 Å². The van der Waals surface area contributed by atoms with Gasteiger partial charge < -0.3 is 10.2 Å². The Labute approximate surface area is 161 Å². The number of amides is 2. The highest BCUT2D eigenvalue weighted by molar-refractivity contribution is 8.00. The minimum absolute atomic E-state index is 0.0677. The van der Waals surface area contributed by atoms with Crippen molar-refractivity contribution < 1.29 is 14.0 Å². The number of nitrogens with zero attached hydrogens (tertiary/aromatic N) is 1. The van der Waals surface area contributed by atoms with E-state index >= 15 is 0 Å². The lowest BCUT2D eigenvalue weighted by atomic mass is 10.2. The minimum atomic E-state index is -0.359. The van der Waals surface area contributed by atoms with Gasteiger partial charge in [-0.25, -0.2) is 4.39 Å². The topological polar surface area (TPSA) is 49.4 Å². The Bertz CT molecular complexity index is 801. The summed E-state index contributed by atoms with van der Waals surface area (Å²) in [6.45, 7) is 3.97. The molecule has 0 unspecified atom stereocenters. The van der Waals surface area contributed by atoms with E-state index in [1.54, 1.807) is 37.3 Å². The van der Waals surface area contributed by atoms with Crippen molar-refractivity contribution in [3.8, 4) is 0 Å². The average molecular weight is 395 g/mol. The number of likely N-dealkylation sites (N-methyl/N-ethyl adjacent to an activating group) is 1. The number of carbonyl (C=O) groups excluding carboxylic acids is 2. The van der Waals surface area contributed by atoms with Gasteiger partial charge in [0.25, 0.3) is 0 Å². The summed E-state index contributed by atoms with van der Waals surface area (Å²) in [5, 5.41) is 3.29. The number of aryl methyl sites for hydroxylation is 1. The van der Waals surface area contributed by atoms with E-state index in [2.05, 4.69) is 5.32 Å². The molecule has 0 radical (unpaired) electrons. The maximum absolute atomic E-state index is 13.6. The molecule has 0 aliphatic heterocycles. The van der Waals surface area contributed by atoms with Crippen molar-refractivity contribution in [2.75, 3.05) is 24.2 Å². The zero-order chi connectivity index (χ0) is 19.1. The molecule has 2 rings (SSSR count). The van der Waals surface area contributed by atoms with Crippen LogP contribution in [0.25, 0.3) is 0 Å². The van der Waals surface area contributed by atoms with E-state index in [1.807, 2.05) is 13.0 Å². The van der Waals surface area contributed by atoms with Crippen LogP contribution in [0.5, 0.6) is 0 Å². The largest absolute Gasteiger partial charge is 0.333 e. The molecule has 2 aromatic carbocycles. The Kier molecular flexibility index (Phi) is 7.48. The van der Waals surface area contributed by atoms with Gasteiger partial charge in [-0.05, 0) is 43.7 Å². The monoisotopic (exact) mass is 394 g/mol. The normalized spacial score (nSPS) is 10.5. The molecule has 7 heteroatoms. The predicted octanol–water partition coefficient (Wildman–Crippen LogP) is 4.37. The second kappa shape index (κ2) is 9.59. The molecule has 0 spiro atoms. The number of rotatable bonds is 7. The highest BCUT2D eigenvalue weighted by atomic mass is 35.5. The Morgan fingerprint density at radius 2 is 1.96 bits per heavy atom. The van der Waals surface area contributed by atoms with Crippen LogP contribution in [0.3, 0.4) is 0 Å². The maximum atomic E-state index is 13.6. The SMILES string of the molecule is CCN(CC(=O)Nc1cc(Cl)ccc1C)C(=O)CSc1ccccc1F. The molecule has 0 aromatic heterocycles. The molecule has 0 saturated carbocycles. The van der Waals surface area contributed by atoms with Gasteiger partial charge in [0, 0.05) is 22.2 Å². The van der Waals surface area contributed by atoms with Crippen LogP contribution in [0.4, 0.5) is 10.1 Å². The first-order chi connectivity index (χ1) is 12.4. The van der Waals surface area contributed by atoms with E-state index in [-0.39, 0.29) is 29.9 Å². The van der Waals surface area contributed by atoms with Gasteiger partial charge in [0.15, 0.2) is 0 Å². The first-order valence-electron chi connectivity index (χ1n) is 8.11. The van der Waals surface area contributed by atoms with Crippen molar-refractivity contribution in [2.24, 2.45) is 0 Å². The van der Waals surface area contributed by atoms with Gasteiger partial charge in [0.1, 0.15) is 5.82 Å². The highest BCUT2D eigenvalue weighted by Crippen LogP contribution is 2.22. The summed E-state index contributed by atoms with van der Waals surface area (Å²) in [7, 11) is 0. The van der Waals surface area contributed by atoms with Crippen LogP contribution in [0.2, 0.25) is 5.02 Å². The summed E-state index contributed by atoms with van der Waals surface area (Å²) in [5.41, 5.74) is 1.50. The van der Waals surface area contributed by atoms with Crippen molar-refractivity contribution in [1.82, 2.24) is 4.90 Å². The Morgan fingerprint density at radius 3 is 2.65 bits per heavy atom. The lowest BCUT2D eigenvalue weighted by Gasteiger charge is -2.20. The van der Waals surface area contributed by atoms with Gasteiger partial charge in [-0.15, -0.1) is 11.8 Å². The number of anilines is 1. The third kappa shape index (κ3) is 5.75. The van der Waals surface area contributed by atoms with Crippen molar-refractivity contribution in [3.05, 3.63) is 58.9 Å². The van der Waals surface area contributed by atoms with Gasteiger partial charge >= 0.3 is 0 Å². The van der Waals surface area contributed by atoms with Crippen LogP contribution in [0.1, 0.15) is 12.5 Å². The average Bonchev–Trinajstić information content (AvgIpc) is 2.61. The maximum Gasteiger partial charge on any atom is 0.244 e. The summed E-state index contributed by atoms with van der Waals surface area (Å²) in [6.07, 6.45) is 0. The van der Waals surface area contributed by atoms with E-state index in [1.165, 1.54) is 11.0 Å². The van der Waals surface area contributed by atoms with Crippen molar-refractivity contribution in [3.63, 3.8) is 0 Å². The molecular weight excluding hydrogens is 375 g/mol. The Balaban J connectivity index is 1.93. The molecule has 0 atom stereocenters. The molecule has 2 amide bonds. The lowest BCUT2D eigenvalue weighted by molar-refractivity contribution is -0.132. The standard InChI is InChI=1S/C19H20ClFN2O2S/c1-3-23(19(25)12-26-17-7-5-4-6-15(17)21)11-18(24)22-16-10-14(20)9-8-13(16)2/h4-10H,3,11-12H2,1-2H3,(H,22,24). The molecule has 0 saturated heterocycles. The second-order valence-corrected chi connectivity index (χ2v) is 7.09. The first-order valence-corrected chi connectivity index (χ1v) is 9.48. The molecule has 138 valence electrons. The van der Waals surface area contributed by atoms with Gasteiger partial charge in [-0.3, -0.25) is 9.59 Å². The van der Waals surface area contributed by atoms with E-state index in [0.717, 1.165) is 17.3 Å². The minimum Gasteiger partial charge on any atom is -0.333 e. The van der Waals surface area contributed by atoms with Crippen LogP contribution in [0.15, 0.2) is 47.4 Å². The molecule has 0 fully saturated rings. The second-order valence-electron chi connectivity index (χ2n) is 5.63. The third-order valence-corrected chi connectivity index (χ3v) is 5.00. The number of hydrogen-bond donors (Lipinski definition) is 1. The van der Waals surface area contributed by atoms with Gasteiger partial charge in [-0.1, -0.05) is 29.8 Å². The summed E-state index contributed by atoms with van der Waals surface area (Å²) in [6, 6.07) is 11.5. The van der Waals surface area contributed by atoms with Crippen molar-refractivity contribution >= 4 is 40.9 Å². The van der Waals surface area contributed by atoms with E-state index in [9.17, 15) is 14.0 Å². The highest BCUT2D eigenvalue weighted by Gasteiger charge is 2.17. The fourth-order valence-electron chi connectivity index (χ4n) is 2.26. The van der Waals surface area contributed by atoms with Crippen molar-refractivity contribution in [2.45, 2.75) is 18.7 Å². The lowest BCUT2D eigenvalue weighted by Crippen LogP contribution is -2.38. The number of hydrogen-bond acceptors (Lipinski definition) is 3. The number of thioether (sulfide) groups is 1. The van der Waals surface area contributed by atoms with Crippen LogP contribution in [-0.2, 0) is 9.59 Å². The molecule has 0 aliphatic rings. The number of halogens is 2. The molecule has 0 aliphatic carbocycles. The first kappa shape index (κ1) is 20.3. The molecule has 26 heavy (non-hydrogen) atoms. The number of carbonyl (C=O) groups is 2. The zero-order valence-electron chi connectivity index (χ0n) is 14.6. The zero-order valence-corrected chi connectivity index (χ0v) is 16.2. The third-order valence-electron chi connectivity index (χ3n) is 3.73. The quantitative estimate of drug-likeness (QED) is 0.709. The van der Waals surface area contributed by atoms with Crippen LogP contribution < -0.4 is 5.32 Å². The summed E-state index contributed by atoms with van der Waals surface area (Å²) in [5.74, 6) is -0.819. The Morgan fingerprint density at radius 1 is 1.23 bits per heavy atom. The molecule has 0 bridgehead atoms. The van der Waals surface area contributed by atoms with E-state index < -0.39 is 0 Å². The fourth-order valence-corrected chi connectivity index (χ4v) is 3.28. The Hall–Kier alpha value is -2.05. The molecular formula is C19H20ClFN2O2S. The van der Waals surface area contributed by atoms with Gasteiger partial charge in [0.2, 0.25) is 11.8 Å².